The fourth-order valence-corrected chi connectivity index (χ4v) is 1.72. The van der Waals surface area contributed by atoms with Crippen molar-refractivity contribution in [3.05, 3.63) is 23.8 Å². The van der Waals surface area contributed by atoms with Crippen molar-refractivity contribution in [1.82, 2.24) is 5.32 Å². The highest BCUT2D eigenvalue weighted by Crippen LogP contribution is 2.29. The lowest BCUT2D eigenvalue weighted by atomic mass is 10.1. The first-order valence-electron chi connectivity index (χ1n) is 5.87. The maximum Gasteiger partial charge on any atom is 0.239 e. The van der Waals surface area contributed by atoms with Gasteiger partial charge in [-0.2, -0.15) is 0 Å². The highest BCUT2D eigenvalue weighted by Gasteiger charge is 2.18. The number of rotatable bonds is 8. The molecule has 0 heterocycles. The molecule has 0 aliphatic rings. The Labute approximate surface area is 112 Å². The molecule has 1 aromatic carbocycles. The minimum Gasteiger partial charge on any atom is -0.493 e. The van der Waals surface area contributed by atoms with Gasteiger partial charge in [0, 0.05) is 13.7 Å². The van der Waals surface area contributed by atoms with Gasteiger partial charge in [-0.05, 0) is 17.7 Å². The molecule has 0 spiro atoms. The molecule has 0 aliphatic carbocycles. The molecule has 0 fully saturated rings. The van der Waals surface area contributed by atoms with Crippen LogP contribution in [0.3, 0.4) is 0 Å². The molecule has 0 saturated carbocycles. The molecule has 6 heteroatoms. The third kappa shape index (κ3) is 4.11. The third-order valence-electron chi connectivity index (χ3n) is 2.68. The van der Waals surface area contributed by atoms with E-state index in [0.717, 1.165) is 5.56 Å². The van der Waals surface area contributed by atoms with Crippen LogP contribution in [0.5, 0.6) is 11.5 Å². The number of ether oxygens (including phenoxy) is 3. The first kappa shape index (κ1) is 15.3. The minimum absolute atomic E-state index is 0.455. The fourth-order valence-electron chi connectivity index (χ4n) is 1.72. The van der Waals surface area contributed by atoms with Gasteiger partial charge in [0.05, 0.1) is 20.8 Å². The average Bonchev–Trinajstić information content (AvgIpc) is 2.42. The highest BCUT2D eigenvalue weighted by atomic mass is 16.5. The van der Waals surface area contributed by atoms with Crippen molar-refractivity contribution in [2.75, 3.05) is 34.5 Å². The number of hydrogen-bond donors (Lipinski definition) is 2. The molecule has 1 aromatic rings. The van der Waals surface area contributed by atoms with Crippen molar-refractivity contribution < 1.29 is 19.0 Å². The maximum atomic E-state index is 11.5. The molecule has 0 saturated heterocycles. The van der Waals surface area contributed by atoms with E-state index in [4.69, 9.17) is 19.9 Å². The quantitative estimate of drug-likeness (QED) is 0.670. The standard InChI is InChI=1S/C13H20N2O4/c1-17-7-6-15-12(13(14)16)9-4-5-10(18-2)11(8-9)19-3/h4-5,8,12,15H,6-7H2,1-3H3,(H2,14,16). The summed E-state index contributed by atoms with van der Waals surface area (Å²) >= 11 is 0. The summed E-state index contributed by atoms with van der Waals surface area (Å²) < 4.78 is 15.3. The molecule has 3 N–H and O–H groups in total. The van der Waals surface area contributed by atoms with Crippen molar-refractivity contribution in [3.63, 3.8) is 0 Å². The smallest absolute Gasteiger partial charge is 0.239 e. The number of nitrogens with one attached hydrogen (secondary N) is 1. The van der Waals surface area contributed by atoms with Crippen LogP contribution < -0.4 is 20.5 Å². The zero-order chi connectivity index (χ0) is 14.3. The number of carbonyl (C=O) groups excluding carboxylic acids is 1. The van der Waals surface area contributed by atoms with Crippen molar-refractivity contribution in [3.8, 4) is 11.5 Å². The lowest BCUT2D eigenvalue weighted by molar-refractivity contribution is -0.120. The molecular formula is C13H20N2O4. The zero-order valence-electron chi connectivity index (χ0n) is 11.4. The van der Waals surface area contributed by atoms with E-state index in [0.29, 0.717) is 24.7 Å². The van der Waals surface area contributed by atoms with Crippen LogP contribution in [0.25, 0.3) is 0 Å². The Balaban J connectivity index is 2.92. The third-order valence-corrected chi connectivity index (χ3v) is 2.68. The fraction of sp³-hybridized carbons (Fsp3) is 0.462. The molecule has 6 nitrogen and oxygen atoms in total. The Morgan fingerprint density at radius 2 is 1.95 bits per heavy atom. The molecule has 1 amide bonds. The van der Waals surface area contributed by atoms with E-state index in [9.17, 15) is 4.79 Å². The predicted octanol–water partition coefficient (Wildman–Crippen LogP) is 0.466. The average molecular weight is 268 g/mol. The van der Waals surface area contributed by atoms with Crippen LogP contribution >= 0.6 is 0 Å². The summed E-state index contributed by atoms with van der Waals surface area (Å²) in [5, 5.41) is 3.03. The lowest BCUT2D eigenvalue weighted by Gasteiger charge is -2.17. The number of carbonyl (C=O) groups is 1. The van der Waals surface area contributed by atoms with Gasteiger partial charge in [0.25, 0.3) is 0 Å². The van der Waals surface area contributed by atoms with E-state index in [-0.39, 0.29) is 0 Å². The number of amides is 1. The van der Waals surface area contributed by atoms with Crippen molar-refractivity contribution in [2.45, 2.75) is 6.04 Å². The second kappa shape index (κ2) is 7.60. The van der Waals surface area contributed by atoms with Gasteiger partial charge in [0.1, 0.15) is 6.04 Å². The molecule has 0 aliphatic heterocycles. The molecule has 1 unspecified atom stereocenters. The summed E-state index contributed by atoms with van der Waals surface area (Å²) in [5.74, 6) is 0.703. The van der Waals surface area contributed by atoms with Crippen LogP contribution in [-0.2, 0) is 9.53 Å². The first-order valence-corrected chi connectivity index (χ1v) is 5.87. The SMILES string of the molecule is COCCNC(C(N)=O)c1ccc(OC)c(OC)c1. The van der Waals surface area contributed by atoms with E-state index >= 15 is 0 Å². The Bertz CT molecular complexity index is 423. The molecule has 1 atom stereocenters. The molecule has 0 aromatic heterocycles. The van der Waals surface area contributed by atoms with Crippen LogP contribution in [0.1, 0.15) is 11.6 Å². The highest BCUT2D eigenvalue weighted by molar-refractivity contribution is 5.81. The monoisotopic (exact) mass is 268 g/mol. The predicted molar refractivity (Wildman–Crippen MR) is 71.4 cm³/mol. The van der Waals surface area contributed by atoms with Crippen LogP contribution in [0.15, 0.2) is 18.2 Å². The summed E-state index contributed by atoms with van der Waals surface area (Å²) in [7, 11) is 4.69. The molecule has 1 rings (SSSR count). The van der Waals surface area contributed by atoms with Gasteiger partial charge >= 0.3 is 0 Å². The van der Waals surface area contributed by atoms with Crippen molar-refractivity contribution in [2.24, 2.45) is 5.73 Å². The molecule has 106 valence electrons. The van der Waals surface area contributed by atoms with Gasteiger partial charge in [0.15, 0.2) is 11.5 Å². The summed E-state index contributed by atoms with van der Waals surface area (Å²) in [6.45, 7) is 1.02. The van der Waals surface area contributed by atoms with Gasteiger partial charge in [0.2, 0.25) is 5.91 Å². The topological polar surface area (TPSA) is 82.8 Å². The second-order valence-electron chi connectivity index (χ2n) is 3.90. The van der Waals surface area contributed by atoms with E-state index in [1.807, 2.05) is 0 Å². The first-order chi connectivity index (χ1) is 9.13. The number of hydrogen-bond acceptors (Lipinski definition) is 5. The van der Waals surface area contributed by atoms with Crippen molar-refractivity contribution >= 4 is 5.91 Å². The van der Waals surface area contributed by atoms with Gasteiger partial charge in [-0.25, -0.2) is 0 Å². The van der Waals surface area contributed by atoms with Gasteiger partial charge in [-0.3, -0.25) is 10.1 Å². The summed E-state index contributed by atoms with van der Waals surface area (Å²) in [5.41, 5.74) is 6.12. The number of nitrogens with two attached hydrogens (primary N) is 1. The maximum absolute atomic E-state index is 11.5. The summed E-state index contributed by atoms with van der Waals surface area (Å²) in [6.07, 6.45) is 0. The number of methoxy groups -OCH3 is 3. The van der Waals surface area contributed by atoms with Gasteiger partial charge < -0.3 is 19.9 Å². The van der Waals surface area contributed by atoms with Crippen molar-refractivity contribution in [1.29, 1.82) is 0 Å². The summed E-state index contributed by atoms with van der Waals surface area (Å²) in [6, 6.07) is 4.65. The lowest BCUT2D eigenvalue weighted by Crippen LogP contribution is -2.35. The van der Waals surface area contributed by atoms with Gasteiger partial charge in [-0.1, -0.05) is 6.07 Å². The van der Waals surface area contributed by atoms with Crippen LogP contribution in [0, 0.1) is 0 Å². The number of primary amides is 1. The molecule has 0 bridgehead atoms. The Hall–Kier alpha value is -1.79. The Morgan fingerprint density at radius 1 is 1.26 bits per heavy atom. The Kier molecular flexibility index (Phi) is 6.11. The van der Waals surface area contributed by atoms with Crippen LogP contribution in [0.4, 0.5) is 0 Å². The molecule has 19 heavy (non-hydrogen) atoms. The number of benzene rings is 1. The van der Waals surface area contributed by atoms with E-state index in [1.165, 1.54) is 0 Å². The summed E-state index contributed by atoms with van der Waals surface area (Å²) in [4.78, 5) is 11.5. The Morgan fingerprint density at radius 3 is 2.47 bits per heavy atom. The minimum atomic E-state index is -0.588. The van der Waals surface area contributed by atoms with Crippen LogP contribution in [-0.4, -0.2) is 40.4 Å². The largest absolute Gasteiger partial charge is 0.493 e. The van der Waals surface area contributed by atoms with Gasteiger partial charge in [-0.15, -0.1) is 0 Å². The normalized spacial score (nSPS) is 11.9. The molecule has 0 radical (unpaired) electrons. The van der Waals surface area contributed by atoms with E-state index in [1.54, 1.807) is 39.5 Å². The van der Waals surface area contributed by atoms with Crippen LogP contribution in [0.2, 0.25) is 0 Å². The van der Waals surface area contributed by atoms with E-state index in [2.05, 4.69) is 5.32 Å². The molecular weight excluding hydrogens is 248 g/mol. The zero-order valence-corrected chi connectivity index (χ0v) is 11.4. The second-order valence-corrected chi connectivity index (χ2v) is 3.90. The van der Waals surface area contributed by atoms with E-state index < -0.39 is 11.9 Å².